The third-order valence-electron chi connectivity index (χ3n) is 2.73. The average molecular weight is 280 g/mol. The summed E-state index contributed by atoms with van der Waals surface area (Å²) in [7, 11) is 1.74. The van der Waals surface area contributed by atoms with E-state index in [1.807, 2.05) is 13.0 Å². The smallest absolute Gasteiger partial charge is 0.275 e. The summed E-state index contributed by atoms with van der Waals surface area (Å²) in [6.07, 6.45) is 0. The lowest BCUT2D eigenvalue weighted by Gasteiger charge is -2.11. The summed E-state index contributed by atoms with van der Waals surface area (Å²) in [5.41, 5.74) is 1.49. The summed E-state index contributed by atoms with van der Waals surface area (Å²) in [6, 6.07) is 6.39. The minimum absolute atomic E-state index is 0.115. The number of nitrogens with one attached hydrogen (secondary N) is 1. The van der Waals surface area contributed by atoms with Crippen molar-refractivity contribution < 1.29 is 5.11 Å². The molecule has 5 nitrogen and oxygen atoms in total. The molecule has 0 saturated heterocycles. The lowest BCUT2D eigenvalue weighted by Crippen LogP contribution is -2.23. The van der Waals surface area contributed by atoms with Crippen LogP contribution in [0.15, 0.2) is 29.1 Å². The molecule has 0 spiro atoms. The van der Waals surface area contributed by atoms with Crippen molar-refractivity contribution in [2.75, 3.05) is 7.05 Å². The minimum atomic E-state index is -0.400. The Kier molecular flexibility index (Phi) is 3.87. The first kappa shape index (κ1) is 13.6. The molecule has 0 aliphatic rings. The van der Waals surface area contributed by atoms with Crippen LogP contribution in [0.1, 0.15) is 11.3 Å². The number of aryl methyl sites for hydroxylation is 1. The number of benzene rings is 1. The first-order chi connectivity index (χ1) is 9.02. The van der Waals surface area contributed by atoms with Crippen LogP contribution >= 0.6 is 11.6 Å². The van der Waals surface area contributed by atoms with E-state index in [9.17, 15) is 9.90 Å². The molecule has 0 unspecified atom stereocenters. The molecule has 1 aromatic heterocycles. The Morgan fingerprint density at radius 2 is 2.16 bits per heavy atom. The van der Waals surface area contributed by atoms with Crippen molar-refractivity contribution in [1.29, 1.82) is 0 Å². The zero-order valence-corrected chi connectivity index (χ0v) is 11.4. The standard InChI is InChI=1S/C13H14ClN3O2/c1-8-3-4-9(14)5-11(8)17-13(19)6-12(18)10(16-17)7-15-2/h3-6,15,18H,7H2,1-2H3. The van der Waals surface area contributed by atoms with Gasteiger partial charge in [-0.25, -0.2) is 0 Å². The van der Waals surface area contributed by atoms with E-state index in [1.165, 1.54) is 4.68 Å². The van der Waals surface area contributed by atoms with Gasteiger partial charge >= 0.3 is 0 Å². The molecule has 0 aliphatic carbocycles. The Hall–Kier alpha value is -1.85. The number of aromatic nitrogens is 2. The third-order valence-corrected chi connectivity index (χ3v) is 2.96. The Balaban J connectivity index is 2.64. The SMILES string of the molecule is CNCc1nn(-c2cc(Cl)ccc2C)c(=O)cc1O. The van der Waals surface area contributed by atoms with Gasteiger partial charge in [0.15, 0.2) is 0 Å². The van der Waals surface area contributed by atoms with E-state index in [0.717, 1.165) is 11.6 Å². The van der Waals surface area contributed by atoms with E-state index in [-0.39, 0.29) is 5.75 Å². The summed E-state index contributed by atoms with van der Waals surface area (Å²) in [4.78, 5) is 11.9. The number of rotatable bonds is 3. The average Bonchev–Trinajstić information content (AvgIpc) is 2.36. The zero-order chi connectivity index (χ0) is 14.0. The van der Waals surface area contributed by atoms with Crippen molar-refractivity contribution in [3.05, 3.63) is 50.9 Å². The molecule has 0 radical (unpaired) electrons. The number of hydrogen-bond acceptors (Lipinski definition) is 4. The number of halogens is 1. The highest BCUT2D eigenvalue weighted by atomic mass is 35.5. The van der Waals surface area contributed by atoms with Gasteiger partial charge in [0.25, 0.3) is 5.56 Å². The molecule has 100 valence electrons. The molecule has 2 aromatic rings. The van der Waals surface area contributed by atoms with E-state index in [1.54, 1.807) is 19.2 Å². The maximum absolute atomic E-state index is 11.9. The summed E-state index contributed by atoms with van der Waals surface area (Å²) in [6.45, 7) is 2.23. The molecule has 6 heteroatoms. The molecule has 0 saturated carbocycles. The number of aromatic hydroxyl groups is 1. The fourth-order valence-corrected chi connectivity index (χ4v) is 1.93. The highest BCUT2D eigenvalue weighted by Gasteiger charge is 2.10. The lowest BCUT2D eigenvalue weighted by atomic mass is 10.2. The second-order valence-corrected chi connectivity index (χ2v) is 4.62. The predicted molar refractivity (Wildman–Crippen MR) is 74.0 cm³/mol. The largest absolute Gasteiger partial charge is 0.506 e. The van der Waals surface area contributed by atoms with Crippen molar-refractivity contribution in [2.45, 2.75) is 13.5 Å². The van der Waals surface area contributed by atoms with Crippen molar-refractivity contribution in [3.63, 3.8) is 0 Å². The maximum Gasteiger partial charge on any atom is 0.275 e. The molecule has 2 N–H and O–H groups in total. The van der Waals surface area contributed by atoms with E-state index in [0.29, 0.717) is 22.9 Å². The molecule has 19 heavy (non-hydrogen) atoms. The maximum atomic E-state index is 11.9. The zero-order valence-electron chi connectivity index (χ0n) is 10.6. The Bertz CT molecular complexity index is 667. The minimum Gasteiger partial charge on any atom is -0.506 e. The number of hydrogen-bond donors (Lipinski definition) is 2. The molecule has 0 atom stereocenters. The first-order valence-corrected chi connectivity index (χ1v) is 6.14. The second-order valence-electron chi connectivity index (χ2n) is 4.19. The highest BCUT2D eigenvalue weighted by molar-refractivity contribution is 6.30. The van der Waals surface area contributed by atoms with Crippen LogP contribution in [-0.2, 0) is 6.54 Å². The Morgan fingerprint density at radius 3 is 2.84 bits per heavy atom. The molecule has 1 aromatic carbocycles. The topological polar surface area (TPSA) is 67.2 Å². The molecule has 2 rings (SSSR count). The summed E-state index contributed by atoms with van der Waals surface area (Å²) in [5.74, 6) is -0.115. The van der Waals surface area contributed by atoms with E-state index >= 15 is 0 Å². The predicted octanol–water partition coefficient (Wildman–Crippen LogP) is 1.62. The first-order valence-electron chi connectivity index (χ1n) is 5.76. The normalized spacial score (nSPS) is 10.7. The van der Waals surface area contributed by atoms with Crippen LogP contribution in [-0.4, -0.2) is 21.9 Å². The van der Waals surface area contributed by atoms with Gasteiger partial charge in [0.05, 0.1) is 5.69 Å². The van der Waals surface area contributed by atoms with Crippen molar-refractivity contribution >= 4 is 11.6 Å². The van der Waals surface area contributed by atoms with Gasteiger partial charge in [-0.3, -0.25) is 4.79 Å². The second kappa shape index (κ2) is 5.42. The van der Waals surface area contributed by atoms with Crippen LogP contribution in [0.3, 0.4) is 0 Å². The van der Waals surface area contributed by atoms with Crippen molar-refractivity contribution in [2.24, 2.45) is 0 Å². The summed E-state index contributed by atoms with van der Waals surface area (Å²) < 4.78 is 1.24. The monoisotopic (exact) mass is 279 g/mol. The van der Waals surface area contributed by atoms with E-state index < -0.39 is 5.56 Å². The van der Waals surface area contributed by atoms with Crippen LogP contribution in [0, 0.1) is 6.92 Å². The molecular weight excluding hydrogens is 266 g/mol. The van der Waals surface area contributed by atoms with Crippen LogP contribution in [0.4, 0.5) is 0 Å². The van der Waals surface area contributed by atoms with E-state index in [2.05, 4.69) is 10.4 Å². The van der Waals surface area contributed by atoms with Crippen molar-refractivity contribution in [1.82, 2.24) is 15.1 Å². The van der Waals surface area contributed by atoms with Gasteiger partial charge in [-0.2, -0.15) is 9.78 Å². The molecule has 0 fully saturated rings. The van der Waals surface area contributed by atoms with Gasteiger partial charge in [-0.1, -0.05) is 17.7 Å². The van der Waals surface area contributed by atoms with Gasteiger partial charge in [0.1, 0.15) is 11.4 Å². The number of nitrogens with zero attached hydrogens (tertiary/aromatic N) is 2. The van der Waals surface area contributed by atoms with Gasteiger partial charge < -0.3 is 10.4 Å². The quantitative estimate of drug-likeness (QED) is 0.896. The van der Waals surface area contributed by atoms with Gasteiger partial charge in [-0.15, -0.1) is 0 Å². The van der Waals surface area contributed by atoms with Gasteiger partial charge in [0, 0.05) is 17.6 Å². The Labute approximate surface area is 115 Å². The van der Waals surface area contributed by atoms with Crippen molar-refractivity contribution in [3.8, 4) is 11.4 Å². The Morgan fingerprint density at radius 1 is 1.42 bits per heavy atom. The van der Waals surface area contributed by atoms with Crippen LogP contribution < -0.4 is 10.9 Å². The van der Waals surface area contributed by atoms with Crippen LogP contribution in [0.2, 0.25) is 5.02 Å². The van der Waals surface area contributed by atoms with Crippen LogP contribution in [0.5, 0.6) is 5.75 Å². The molecule has 0 bridgehead atoms. The molecule has 1 heterocycles. The molecule has 0 aliphatic heterocycles. The lowest BCUT2D eigenvalue weighted by molar-refractivity contribution is 0.453. The fraction of sp³-hybridized carbons (Fsp3) is 0.231. The van der Waals surface area contributed by atoms with Gasteiger partial charge in [-0.05, 0) is 31.7 Å². The molecule has 0 amide bonds. The van der Waals surface area contributed by atoms with Crippen LogP contribution in [0.25, 0.3) is 5.69 Å². The van der Waals surface area contributed by atoms with E-state index in [4.69, 9.17) is 11.6 Å². The van der Waals surface area contributed by atoms with Gasteiger partial charge in [0.2, 0.25) is 0 Å². The fourth-order valence-electron chi connectivity index (χ4n) is 1.76. The molecular formula is C13H14ClN3O2. The highest BCUT2D eigenvalue weighted by Crippen LogP contribution is 2.19. The third kappa shape index (κ3) is 2.77. The summed E-state index contributed by atoms with van der Waals surface area (Å²) in [5, 5.41) is 17.3. The summed E-state index contributed by atoms with van der Waals surface area (Å²) >= 11 is 5.95.